The second-order valence-electron chi connectivity index (χ2n) is 3.82. The number of carbonyl (C=O) groups excluding carboxylic acids is 2. The van der Waals surface area contributed by atoms with Crippen LogP contribution in [0.4, 0.5) is 0 Å². The summed E-state index contributed by atoms with van der Waals surface area (Å²) in [6, 6.07) is 8.24. The predicted octanol–water partition coefficient (Wildman–Crippen LogP) is 2.89. The SMILES string of the molecule is O=C(COc1c(Cl)cccc1Cl)NNC(=O)c1cccs1. The first-order valence-corrected chi connectivity index (χ1v) is 7.41. The van der Waals surface area contributed by atoms with Gasteiger partial charge in [-0.2, -0.15) is 0 Å². The Labute approximate surface area is 134 Å². The van der Waals surface area contributed by atoms with Crippen LogP contribution in [0.1, 0.15) is 9.67 Å². The van der Waals surface area contributed by atoms with Crippen LogP contribution in [0.5, 0.6) is 5.75 Å². The molecule has 1 heterocycles. The summed E-state index contributed by atoms with van der Waals surface area (Å²) < 4.78 is 5.23. The molecule has 110 valence electrons. The minimum Gasteiger partial charge on any atom is -0.481 e. The molecule has 0 unspecified atom stereocenters. The van der Waals surface area contributed by atoms with Gasteiger partial charge in [-0.05, 0) is 23.6 Å². The van der Waals surface area contributed by atoms with E-state index in [1.54, 1.807) is 35.7 Å². The van der Waals surface area contributed by atoms with E-state index in [9.17, 15) is 9.59 Å². The van der Waals surface area contributed by atoms with Crippen molar-refractivity contribution in [3.05, 3.63) is 50.6 Å². The van der Waals surface area contributed by atoms with Crippen molar-refractivity contribution in [1.82, 2.24) is 10.9 Å². The molecule has 0 fully saturated rings. The van der Waals surface area contributed by atoms with Crippen molar-refractivity contribution in [1.29, 1.82) is 0 Å². The van der Waals surface area contributed by atoms with Gasteiger partial charge in [0.2, 0.25) is 0 Å². The number of amides is 2. The van der Waals surface area contributed by atoms with Crippen molar-refractivity contribution in [2.45, 2.75) is 0 Å². The van der Waals surface area contributed by atoms with E-state index in [4.69, 9.17) is 27.9 Å². The molecule has 0 aliphatic rings. The van der Waals surface area contributed by atoms with Gasteiger partial charge < -0.3 is 4.74 Å². The van der Waals surface area contributed by atoms with Crippen LogP contribution in [0.15, 0.2) is 35.7 Å². The first-order chi connectivity index (χ1) is 10.1. The third kappa shape index (κ3) is 4.35. The van der Waals surface area contributed by atoms with Gasteiger partial charge in [0.25, 0.3) is 11.8 Å². The summed E-state index contributed by atoms with van der Waals surface area (Å²) in [5.41, 5.74) is 4.51. The van der Waals surface area contributed by atoms with E-state index < -0.39 is 11.8 Å². The highest BCUT2D eigenvalue weighted by Crippen LogP contribution is 2.32. The quantitative estimate of drug-likeness (QED) is 0.838. The molecule has 0 radical (unpaired) electrons. The third-order valence-electron chi connectivity index (χ3n) is 2.33. The maximum Gasteiger partial charge on any atom is 0.279 e. The second kappa shape index (κ2) is 7.31. The Morgan fingerprint density at radius 3 is 2.43 bits per heavy atom. The Bertz CT molecular complexity index is 627. The maximum absolute atomic E-state index is 11.6. The number of hydrogen-bond donors (Lipinski definition) is 2. The zero-order valence-electron chi connectivity index (χ0n) is 10.6. The van der Waals surface area contributed by atoms with E-state index in [0.29, 0.717) is 14.9 Å². The standard InChI is InChI=1S/C13H10Cl2N2O3S/c14-8-3-1-4-9(15)12(8)20-7-11(18)16-17-13(19)10-5-2-6-21-10/h1-6H,7H2,(H,16,18)(H,17,19). The molecule has 2 N–H and O–H groups in total. The Morgan fingerprint density at radius 1 is 1.10 bits per heavy atom. The molecule has 0 aliphatic heterocycles. The Kier molecular flexibility index (Phi) is 5.44. The highest BCUT2D eigenvalue weighted by atomic mass is 35.5. The van der Waals surface area contributed by atoms with Crippen LogP contribution in [0.25, 0.3) is 0 Å². The van der Waals surface area contributed by atoms with E-state index >= 15 is 0 Å². The number of halogens is 2. The number of carbonyl (C=O) groups is 2. The Hall–Kier alpha value is -1.76. The molecule has 2 amide bonds. The largest absolute Gasteiger partial charge is 0.481 e. The summed E-state index contributed by atoms with van der Waals surface area (Å²) in [4.78, 5) is 23.7. The van der Waals surface area contributed by atoms with Crippen LogP contribution in [-0.2, 0) is 4.79 Å². The summed E-state index contributed by atoms with van der Waals surface area (Å²) in [6.45, 7) is -0.325. The van der Waals surface area contributed by atoms with Crippen molar-refractivity contribution in [2.75, 3.05) is 6.61 Å². The molecular formula is C13H10Cl2N2O3S. The molecule has 0 atom stereocenters. The number of benzene rings is 1. The van der Waals surface area contributed by atoms with Gasteiger partial charge in [-0.15, -0.1) is 11.3 Å². The van der Waals surface area contributed by atoms with Gasteiger partial charge in [0, 0.05) is 0 Å². The summed E-state index contributed by atoms with van der Waals surface area (Å²) in [7, 11) is 0. The van der Waals surface area contributed by atoms with Crippen molar-refractivity contribution in [3.8, 4) is 5.75 Å². The molecule has 5 nitrogen and oxygen atoms in total. The molecule has 0 saturated carbocycles. The number of hydrazine groups is 1. The average Bonchev–Trinajstić information content (AvgIpc) is 2.98. The van der Waals surface area contributed by atoms with Crippen molar-refractivity contribution < 1.29 is 14.3 Å². The van der Waals surface area contributed by atoms with Gasteiger partial charge in [-0.25, -0.2) is 0 Å². The van der Waals surface area contributed by atoms with E-state index in [-0.39, 0.29) is 12.4 Å². The molecule has 0 saturated heterocycles. The molecule has 0 spiro atoms. The lowest BCUT2D eigenvalue weighted by Gasteiger charge is -2.10. The Balaban J connectivity index is 1.81. The molecule has 1 aromatic carbocycles. The third-order valence-corrected chi connectivity index (χ3v) is 3.79. The van der Waals surface area contributed by atoms with Gasteiger partial charge in [0.15, 0.2) is 12.4 Å². The van der Waals surface area contributed by atoms with Gasteiger partial charge in [0.05, 0.1) is 14.9 Å². The molecular weight excluding hydrogens is 335 g/mol. The van der Waals surface area contributed by atoms with Crippen LogP contribution in [0.3, 0.4) is 0 Å². The van der Waals surface area contributed by atoms with Crippen molar-refractivity contribution in [2.24, 2.45) is 0 Å². The normalized spacial score (nSPS) is 10.0. The smallest absolute Gasteiger partial charge is 0.279 e. The van der Waals surface area contributed by atoms with E-state index in [0.717, 1.165) is 0 Å². The molecule has 0 bridgehead atoms. The fraction of sp³-hybridized carbons (Fsp3) is 0.0769. The lowest BCUT2D eigenvalue weighted by Crippen LogP contribution is -2.43. The summed E-state index contributed by atoms with van der Waals surface area (Å²) in [6.07, 6.45) is 0. The average molecular weight is 345 g/mol. The fourth-order valence-corrected chi connectivity index (χ4v) is 2.52. The number of ether oxygens (including phenoxy) is 1. The minimum atomic E-state index is -0.532. The molecule has 8 heteroatoms. The van der Waals surface area contributed by atoms with Gasteiger partial charge in [0.1, 0.15) is 0 Å². The fourth-order valence-electron chi connectivity index (χ4n) is 1.39. The topological polar surface area (TPSA) is 67.4 Å². The summed E-state index contributed by atoms with van der Waals surface area (Å²) >= 11 is 13.1. The Morgan fingerprint density at radius 2 is 1.81 bits per heavy atom. The molecule has 0 aliphatic carbocycles. The lowest BCUT2D eigenvalue weighted by molar-refractivity contribution is -0.123. The highest BCUT2D eigenvalue weighted by molar-refractivity contribution is 7.12. The second-order valence-corrected chi connectivity index (χ2v) is 5.58. The minimum absolute atomic E-state index is 0.223. The van der Waals surface area contributed by atoms with Crippen molar-refractivity contribution in [3.63, 3.8) is 0 Å². The van der Waals surface area contributed by atoms with Crippen LogP contribution in [-0.4, -0.2) is 18.4 Å². The lowest BCUT2D eigenvalue weighted by atomic mass is 10.3. The number of para-hydroxylation sites is 1. The number of rotatable bonds is 4. The number of hydrogen-bond acceptors (Lipinski definition) is 4. The van der Waals surface area contributed by atoms with Crippen LogP contribution in [0, 0.1) is 0 Å². The van der Waals surface area contributed by atoms with E-state index in [1.165, 1.54) is 11.3 Å². The highest BCUT2D eigenvalue weighted by Gasteiger charge is 2.11. The first kappa shape index (κ1) is 15.6. The summed E-state index contributed by atoms with van der Waals surface area (Å²) in [5.74, 6) is -0.703. The molecule has 21 heavy (non-hydrogen) atoms. The first-order valence-electron chi connectivity index (χ1n) is 5.77. The van der Waals surface area contributed by atoms with E-state index in [1.807, 2.05) is 0 Å². The van der Waals surface area contributed by atoms with Gasteiger partial charge in [-0.1, -0.05) is 35.3 Å². The molecule has 2 rings (SSSR count). The van der Waals surface area contributed by atoms with Crippen LogP contribution < -0.4 is 15.6 Å². The maximum atomic E-state index is 11.6. The predicted molar refractivity (Wildman–Crippen MR) is 81.9 cm³/mol. The van der Waals surface area contributed by atoms with Gasteiger partial charge in [-0.3, -0.25) is 20.4 Å². The van der Waals surface area contributed by atoms with Crippen molar-refractivity contribution >= 4 is 46.4 Å². The zero-order chi connectivity index (χ0) is 15.2. The summed E-state index contributed by atoms with van der Waals surface area (Å²) in [5, 5.41) is 2.37. The monoisotopic (exact) mass is 344 g/mol. The molecule has 1 aromatic heterocycles. The van der Waals surface area contributed by atoms with Crippen LogP contribution in [0.2, 0.25) is 10.0 Å². The molecule has 2 aromatic rings. The number of thiophene rings is 1. The zero-order valence-corrected chi connectivity index (χ0v) is 12.9. The number of nitrogens with one attached hydrogen (secondary N) is 2. The van der Waals surface area contributed by atoms with E-state index in [2.05, 4.69) is 10.9 Å². The van der Waals surface area contributed by atoms with Gasteiger partial charge >= 0.3 is 0 Å². The van der Waals surface area contributed by atoms with Crippen LogP contribution >= 0.6 is 34.5 Å².